The number of aromatic amines is 1. The van der Waals surface area contributed by atoms with Crippen LogP contribution in [0.15, 0.2) is 23.6 Å². The molecule has 1 unspecified atom stereocenters. The number of unbranched alkanes of at least 4 members (excludes halogenated alkanes) is 1. The van der Waals surface area contributed by atoms with E-state index >= 15 is 0 Å². The van der Waals surface area contributed by atoms with Gasteiger partial charge in [0.15, 0.2) is 5.65 Å². The number of anilines is 1. The van der Waals surface area contributed by atoms with Crippen LogP contribution in [0.1, 0.15) is 47.0 Å². The number of fused-ring (bicyclic) bond motifs is 1. The molecule has 2 rings (SSSR count). The SMILES string of the molecule is C=CCCCC(C)Nc1nc2c(cnn2C(C)(C)C)c(=O)[nH]1. The summed E-state index contributed by atoms with van der Waals surface area (Å²) in [6, 6.07) is 0.228. The highest BCUT2D eigenvalue weighted by Crippen LogP contribution is 2.19. The molecule has 0 fully saturated rings. The van der Waals surface area contributed by atoms with Gasteiger partial charge in [-0.05, 0) is 47.0 Å². The van der Waals surface area contributed by atoms with Gasteiger partial charge in [0, 0.05) is 6.04 Å². The van der Waals surface area contributed by atoms with E-state index in [1.54, 1.807) is 10.9 Å². The Balaban J connectivity index is 2.28. The lowest BCUT2D eigenvalue weighted by Crippen LogP contribution is -2.25. The summed E-state index contributed by atoms with van der Waals surface area (Å²) in [5, 5.41) is 8.08. The van der Waals surface area contributed by atoms with Crippen LogP contribution < -0.4 is 10.9 Å². The molecule has 0 aliphatic rings. The van der Waals surface area contributed by atoms with Crippen molar-refractivity contribution in [2.75, 3.05) is 5.32 Å². The Labute approximate surface area is 130 Å². The molecule has 2 aromatic heterocycles. The lowest BCUT2D eigenvalue weighted by atomic mass is 10.1. The molecule has 6 heteroatoms. The first-order valence-corrected chi connectivity index (χ1v) is 7.69. The fourth-order valence-corrected chi connectivity index (χ4v) is 2.35. The molecular formula is C16H25N5O. The molecule has 0 spiro atoms. The lowest BCUT2D eigenvalue weighted by molar-refractivity contribution is 0.366. The molecule has 0 saturated carbocycles. The summed E-state index contributed by atoms with van der Waals surface area (Å²) in [6.45, 7) is 11.9. The van der Waals surface area contributed by atoms with Crippen LogP contribution in [-0.4, -0.2) is 25.8 Å². The Bertz CT molecular complexity index is 707. The Morgan fingerprint density at radius 1 is 1.50 bits per heavy atom. The highest BCUT2D eigenvalue weighted by molar-refractivity contribution is 5.74. The first-order chi connectivity index (χ1) is 10.3. The van der Waals surface area contributed by atoms with E-state index in [0.717, 1.165) is 19.3 Å². The molecule has 6 nitrogen and oxygen atoms in total. The summed E-state index contributed by atoms with van der Waals surface area (Å²) in [4.78, 5) is 19.5. The maximum absolute atomic E-state index is 12.2. The zero-order valence-electron chi connectivity index (χ0n) is 13.8. The number of aromatic nitrogens is 4. The van der Waals surface area contributed by atoms with Gasteiger partial charge in [0.25, 0.3) is 5.56 Å². The number of rotatable bonds is 6. The quantitative estimate of drug-likeness (QED) is 0.635. The smallest absolute Gasteiger partial charge is 0.263 e. The van der Waals surface area contributed by atoms with E-state index in [1.807, 2.05) is 26.8 Å². The summed E-state index contributed by atoms with van der Waals surface area (Å²) in [7, 11) is 0. The zero-order valence-corrected chi connectivity index (χ0v) is 13.8. The third-order valence-corrected chi connectivity index (χ3v) is 3.50. The van der Waals surface area contributed by atoms with Crippen LogP contribution in [-0.2, 0) is 5.54 Å². The zero-order chi connectivity index (χ0) is 16.3. The summed E-state index contributed by atoms with van der Waals surface area (Å²) >= 11 is 0. The average Bonchev–Trinajstić information content (AvgIpc) is 2.83. The summed E-state index contributed by atoms with van der Waals surface area (Å²) in [5.41, 5.74) is 0.216. The number of allylic oxidation sites excluding steroid dienone is 1. The number of nitrogens with zero attached hydrogens (tertiary/aromatic N) is 3. The van der Waals surface area contributed by atoms with Crippen LogP contribution in [0.25, 0.3) is 11.0 Å². The molecular weight excluding hydrogens is 278 g/mol. The van der Waals surface area contributed by atoms with Crippen LogP contribution >= 0.6 is 0 Å². The van der Waals surface area contributed by atoms with Crippen molar-refractivity contribution in [2.45, 2.75) is 58.5 Å². The molecule has 2 aromatic rings. The molecule has 0 aromatic carbocycles. The molecule has 0 aliphatic heterocycles. The normalized spacial score (nSPS) is 13.3. The van der Waals surface area contributed by atoms with E-state index in [-0.39, 0.29) is 17.1 Å². The second-order valence-electron chi connectivity index (χ2n) is 6.64. The molecule has 2 heterocycles. The van der Waals surface area contributed by atoms with Gasteiger partial charge >= 0.3 is 0 Å². The number of hydrogen-bond donors (Lipinski definition) is 2. The van der Waals surface area contributed by atoms with Gasteiger partial charge in [-0.1, -0.05) is 6.08 Å². The van der Waals surface area contributed by atoms with Gasteiger partial charge in [-0.3, -0.25) is 9.78 Å². The van der Waals surface area contributed by atoms with Crippen molar-refractivity contribution in [2.24, 2.45) is 0 Å². The minimum absolute atomic E-state index is 0.165. The average molecular weight is 303 g/mol. The van der Waals surface area contributed by atoms with Gasteiger partial charge in [-0.15, -0.1) is 6.58 Å². The number of nitrogens with one attached hydrogen (secondary N) is 2. The molecule has 1 atom stereocenters. The molecule has 0 saturated heterocycles. The highest BCUT2D eigenvalue weighted by Gasteiger charge is 2.20. The standard InChI is InChI=1S/C16H25N5O/c1-6-7-8-9-11(2)18-15-19-13-12(14(22)20-15)10-17-21(13)16(3,4)5/h6,10-11H,1,7-9H2,2-5H3,(H2,18,19,20,22). The van der Waals surface area contributed by atoms with E-state index in [4.69, 9.17) is 0 Å². The van der Waals surface area contributed by atoms with E-state index in [0.29, 0.717) is 17.0 Å². The molecule has 2 N–H and O–H groups in total. The summed E-state index contributed by atoms with van der Waals surface area (Å²) in [5.74, 6) is 0.495. The van der Waals surface area contributed by atoms with Gasteiger partial charge in [-0.2, -0.15) is 10.1 Å². The topological polar surface area (TPSA) is 75.6 Å². The summed E-state index contributed by atoms with van der Waals surface area (Å²) in [6.07, 6.45) is 6.53. The van der Waals surface area contributed by atoms with Crippen LogP contribution in [0.2, 0.25) is 0 Å². The van der Waals surface area contributed by atoms with Crippen molar-refractivity contribution in [3.8, 4) is 0 Å². The van der Waals surface area contributed by atoms with E-state index < -0.39 is 0 Å². The summed E-state index contributed by atoms with van der Waals surface area (Å²) < 4.78 is 1.78. The molecule has 22 heavy (non-hydrogen) atoms. The Morgan fingerprint density at radius 2 is 2.23 bits per heavy atom. The van der Waals surface area contributed by atoms with Crippen molar-refractivity contribution < 1.29 is 0 Å². The Morgan fingerprint density at radius 3 is 2.86 bits per heavy atom. The fourth-order valence-electron chi connectivity index (χ4n) is 2.35. The molecule has 0 amide bonds. The maximum atomic E-state index is 12.2. The second-order valence-corrected chi connectivity index (χ2v) is 6.64. The third kappa shape index (κ3) is 3.55. The van der Waals surface area contributed by atoms with Crippen LogP contribution in [0.5, 0.6) is 0 Å². The second kappa shape index (κ2) is 6.34. The molecule has 120 valence electrons. The minimum Gasteiger partial charge on any atom is -0.353 e. The predicted octanol–water partition coefficient (Wildman–Crippen LogP) is 3.03. The van der Waals surface area contributed by atoms with Crippen LogP contribution in [0, 0.1) is 0 Å². The number of H-pyrrole nitrogens is 1. The Hall–Kier alpha value is -2.11. The van der Waals surface area contributed by atoms with Crippen LogP contribution in [0.3, 0.4) is 0 Å². The first kappa shape index (κ1) is 16.3. The van der Waals surface area contributed by atoms with E-state index in [9.17, 15) is 4.79 Å². The van der Waals surface area contributed by atoms with Crippen molar-refractivity contribution >= 4 is 17.0 Å². The monoisotopic (exact) mass is 303 g/mol. The van der Waals surface area contributed by atoms with Gasteiger partial charge in [0.1, 0.15) is 5.39 Å². The first-order valence-electron chi connectivity index (χ1n) is 7.69. The van der Waals surface area contributed by atoms with Crippen LogP contribution in [0.4, 0.5) is 5.95 Å². The molecule has 0 bridgehead atoms. The third-order valence-electron chi connectivity index (χ3n) is 3.50. The highest BCUT2D eigenvalue weighted by atomic mass is 16.1. The van der Waals surface area contributed by atoms with Gasteiger partial charge in [0.05, 0.1) is 11.7 Å². The maximum Gasteiger partial charge on any atom is 0.263 e. The number of hydrogen-bond acceptors (Lipinski definition) is 4. The van der Waals surface area contributed by atoms with Crippen molar-refractivity contribution in [1.82, 2.24) is 19.7 Å². The van der Waals surface area contributed by atoms with Crippen molar-refractivity contribution in [1.29, 1.82) is 0 Å². The van der Waals surface area contributed by atoms with E-state index in [2.05, 4.69) is 33.9 Å². The fraction of sp³-hybridized carbons (Fsp3) is 0.562. The van der Waals surface area contributed by atoms with Gasteiger partial charge in [0.2, 0.25) is 5.95 Å². The van der Waals surface area contributed by atoms with Crippen molar-refractivity contribution in [3.05, 3.63) is 29.2 Å². The largest absolute Gasteiger partial charge is 0.353 e. The molecule has 0 aliphatic carbocycles. The van der Waals surface area contributed by atoms with E-state index in [1.165, 1.54) is 0 Å². The minimum atomic E-state index is -0.227. The van der Waals surface area contributed by atoms with Gasteiger partial charge in [-0.25, -0.2) is 4.68 Å². The van der Waals surface area contributed by atoms with Crippen molar-refractivity contribution in [3.63, 3.8) is 0 Å². The lowest BCUT2D eigenvalue weighted by Gasteiger charge is -2.20. The predicted molar refractivity (Wildman–Crippen MR) is 90.3 cm³/mol. The van der Waals surface area contributed by atoms with Gasteiger partial charge < -0.3 is 5.32 Å². The Kier molecular flexibility index (Phi) is 4.68. The molecule has 0 radical (unpaired) electrons.